The van der Waals surface area contributed by atoms with Crippen molar-refractivity contribution in [2.75, 3.05) is 6.61 Å². The molecule has 0 aliphatic carbocycles. The summed E-state index contributed by atoms with van der Waals surface area (Å²) in [5.41, 5.74) is 1.49. The van der Waals surface area contributed by atoms with Gasteiger partial charge in [0.05, 0.1) is 0 Å². The Morgan fingerprint density at radius 3 is 2.00 bits per heavy atom. The van der Waals surface area contributed by atoms with Crippen molar-refractivity contribution in [1.29, 1.82) is 0 Å². The van der Waals surface area contributed by atoms with Crippen LogP contribution in [-0.4, -0.2) is 11.7 Å². The van der Waals surface area contributed by atoms with Crippen molar-refractivity contribution < 1.29 is 5.11 Å². The monoisotopic (exact) mass is 254 g/mol. The summed E-state index contributed by atoms with van der Waals surface area (Å²) < 4.78 is 0. The number of aliphatic hydroxyl groups excluding tert-OH is 1. The maximum absolute atomic E-state index is 9.07. The van der Waals surface area contributed by atoms with Gasteiger partial charge in [0.1, 0.15) is 0 Å². The minimum absolute atomic E-state index is 0.315. The van der Waals surface area contributed by atoms with Gasteiger partial charge in [0.15, 0.2) is 0 Å². The third kappa shape index (κ3) is 12.2. The molecule has 108 valence electrons. The average Bonchev–Trinajstić information content (AvgIpc) is 2.38. The fourth-order valence-corrected chi connectivity index (χ4v) is 2.31. The lowest BCUT2D eigenvalue weighted by Gasteiger charge is -2.06. The number of unbranched alkanes of at least 4 members (excludes halogenated alkanes) is 8. The molecule has 0 atom stereocenters. The fraction of sp³-hybridized carbons (Fsp3) is 0.882. The van der Waals surface area contributed by atoms with E-state index in [9.17, 15) is 0 Å². The van der Waals surface area contributed by atoms with E-state index in [2.05, 4.69) is 19.9 Å². The van der Waals surface area contributed by atoms with E-state index < -0.39 is 0 Å². The fourth-order valence-electron chi connectivity index (χ4n) is 2.31. The predicted octanol–water partition coefficient (Wildman–Crippen LogP) is 5.63. The van der Waals surface area contributed by atoms with Gasteiger partial charge < -0.3 is 5.11 Å². The summed E-state index contributed by atoms with van der Waals surface area (Å²) in [6, 6.07) is 0. The van der Waals surface area contributed by atoms with Gasteiger partial charge in [0.25, 0.3) is 0 Å². The highest BCUT2D eigenvalue weighted by Crippen LogP contribution is 2.15. The van der Waals surface area contributed by atoms with Gasteiger partial charge in [0, 0.05) is 6.61 Å². The standard InChI is InChI=1S/C17H34O/c1-3-5-7-9-10-12-14-17(15-16-18)13-11-8-6-4-2/h14,18H,3-13,15-16H2,1-2H3/b17-14+. The van der Waals surface area contributed by atoms with E-state index in [1.807, 2.05) is 0 Å². The zero-order valence-electron chi connectivity index (χ0n) is 12.7. The minimum Gasteiger partial charge on any atom is -0.396 e. The molecule has 0 fully saturated rings. The van der Waals surface area contributed by atoms with Crippen LogP contribution in [0, 0.1) is 0 Å². The van der Waals surface area contributed by atoms with Gasteiger partial charge in [-0.05, 0) is 32.1 Å². The Balaban J connectivity index is 3.64. The smallest absolute Gasteiger partial charge is 0.0468 e. The maximum atomic E-state index is 9.07. The van der Waals surface area contributed by atoms with Gasteiger partial charge in [0.2, 0.25) is 0 Å². The summed E-state index contributed by atoms with van der Waals surface area (Å²) in [4.78, 5) is 0. The molecule has 18 heavy (non-hydrogen) atoms. The molecule has 0 rings (SSSR count). The van der Waals surface area contributed by atoms with E-state index in [0.717, 1.165) is 6.42 Å². The summed E-state index contributed by atoms with van der Waals surface area (Å²) in [6.07, 6.45) is 17.8. The first-order valence-electron chi connectivity index (χ1n) is 8.13. The second-order valence-electron chi connectivity index (χ2n) is 5.35. The molecule has 0 heterocycles. The highest BCUT2D eigenvalue weighted by atomic mass is 16.2. The number of hydrogen-bond donors (Lipinski definition) is 1. The summed E-state index contributed by atoms with van der Waals surface area (Å²) in [6.45, 7) is 4.83. The number of hydrogen-bond acceptors (Lipinski definition) is 1. The Labute approximate surface area is 115 Å². The van der Waals surface area contributed by atoms with Crippen molar-refractivity contribution in [3.63, 3.8) is 0 Å². The van der Waals surface area contributed by atoms with Gasteiger partial charge in [-0.15, -0.1) is 0 Å². The van der Waals surface area contributed by atoms with Crippen molar-refractivity contribution in [2.24, 2.45) is 0 Å². The summed E-state index contributed by atoms with van der Waals surface area (Å²) in [5.74, 6) is 0. The van der Waals surface area contributed by atoms with Gasteiger partial charge in [-0.1, -0.05) is 70.4 Å². The van der Waals surface area contributed by atoms with Crippen molar-refractivity contribution in [3.8, 4) is 0 Å². The van der Waals surface area contributed by atoms with Crippen LogP contribution in [-0.2, 0) is 0 Å². The molecule has 0 aliphatic rings. The number of rotatable bonds is 13. The van der Waals surface area contributed by atoms with Crippen molar-refractivity contribution in [2.45, 2.75) is 90.9 Å². The SMILES string of the molecule is CCCCCCC/C=C(/CCO)CCCCCC. The van der Waals surface area contributed by atoms with E-state index in [1.165, 1.54) is 76.2 Å². The van der Waals surface area contributed by atoms with Crippen molar-refractivity contribution >= 4 is 0 Å². The first-order valence-corrected chi connectivity index (χ1v) is 8.13. The first kappa shape index (κ1) is 17.7. The quantitative estimate of drug-likeness (QED) is 0.334. The van der Waals surface area contributed by atoms with Crippen LogP contribution in [0.2, 0.25) is 0 Å². The lowest BCUT2D eigenvalue weighted by atomic mass is 10.0. The molecule has 0 aromatic rings. The Morgan fingerprint density at radius 1 is 0.778 bits per heavy atom. The van der Waals surface area contributed by atoms with E-state index in [4.69, 9.17) is 5.11 Å². The lowest BCUT2D eigenvalue weighted by molar-refractivity contribution is 0.297. The van der Waals surface area contributed by atoms with Gasteiger partial charge in [-0.2, -0.15) is 0 Å². The molecule has 0 unspecified atom stereocenters. The maximum Gasteiger partial charge on any atom is 0.0468 e. The zero-order valence-corrected chi connectivity index (χ0v) is 12.7. The van der Waals surface area contributed by atoms with Crippen LogP contribution < -0.4 is 0 Å². The Bertz CT molecular complexity index is 184. The van der Waals surface area contributed by atoms with Crippen LogP contribution in [0.1, 0.15) is 90.9 Å². The average molecular weight is 254 g/mol. The second kappa shape index (κ2) is 14.8. The number of allylic oxidation sites excluding steroid dienone is 1. The number of aliphatic hydroxyl groups is 1. The molecule has 1 N–H and O–H groups in total. The van der Waals surface area contributed by atoms with Gasteiger partial charge in [-0.25, -0.2) is 0 Å². The first-order chi connectivity index (χ1) is 8.85. The van der Waals surface area contributed by atoms with Crippen LogP contribution in [0.4, 0.5) is 0 Å². The molecule has 0 radical (unpaired) electrons. The molecule has 0 amide bonds. The molecular weight excluding hydrogens is 220 g/mol. The van der Waals surface area contributed by atoms with Gasteiger partial charge in [-0.3, -0.25) is 0 Å². The van der Waals surface area contributed by atoms with E-state index >= 15 is 0 Å². The lowest BCUT2D eigenvalue weighted by Crippen LogP contribution is -1.90. The normalized spacial score (nSPS) is 12.1. The largest absolute Gasteiger partial charge is 0.396 e. The van der Waals surface area contributed by atoms with Crippen molar-refractivity contribution in [3.05, 3.63) is 11.6 Å². The van der Waals surface area contributed by atoms with Crippen molar-refractivity contribution in [1.82, 2.24) is 0 Å². The van der Waals surface area contributed by atoms with Gasteiger partial charge >= 0.3 is 0 Å². The third-order valence-corrected chi connectivity index (χ3v) is 3.53. The minimum atomic E-state index is 0.315. The summed E-state index contributed by atoms with van der Waals surface area (Å²) >= 11 is 0. The van der Waals surface area contributed by atoms with Crippen LogP contribution in [0.3, 0.4) is 0 Å². The molecule has 0 aromatic heterocycles. The van der Waals surface area contributed by atoms with E-state index in [1.54, 1.807) is 0 Å². The third-order valence-electron chi connectivity index (χ3n) is 3.53. The van der Waals surface area contributed by atoms with Crippen LogP contribution in [0.25, 0.3) is 0 Å². The summed E-state index contributed by atoms with van der Waals surface area (Å²) in [5, 5.41) is 9.07. The highest BCUT2D eigenvalue weighted by molar-refractivity contribution is 5.01. The van der Waals surface area contributed by atoms with E-state index in [0.29, 0.717) is 6.61 Å². The molecule has 0 saturated heterocycles. The van der Waals surface area contributed by atoms with Crippen LogP contribution in [0.15, 0.2) is 11.6 Å². The van der Waals surface area contributed by atoms with Crippen LogP contribution >= 0.6 is 0 Å². The second-order valence-corrected chi connectivity index (χ2v) is 5.35. The van der Waals surface area contributed by atoms with E-state index in [-0.39, 0.29) is 0 Å². The topological polar surface area (TPSA) is 20.2 Å². The zero-order chi connectivity index (χ0) is 13.5. The molecule has 0 bridgehead atoms. The molecule has 0 saturated carbocycles. The van der Waals surface area contributed by atoms with Crippen LogP contribution in [0.5, 0.6) is 0 Å². The predicted molar refractivity (Wildman–Crippen MR) is 81.9 cm³/mol. The molecule has 1 heteroatoms. The Hall–Kier alpha value is -0.300. The molecule has 0 aromatic carbocycles. The molecule has 0 spiro atoms. The molecule has 0 aliphatic heterocycles. The summed E-state index contributed by atoms with van der Waals surface area (Å²) in [7, 11) is 0. The Morgan fingerprint density at radius 2 is 1.39 bits per heavy atom. The molecule has 1 nitrogen and oxygen atoms in total. The molecular formula is C17H34O. The Kier molecular flexibility index (Phi) is 14.5. The highest BCUT2D eigenvalue weighted by Gasteiger charge is 1.97.